The zero-order valence-electron chi connectivity index (χ0n) is 10.2. The van der Waals surface area contributed by atoms with E-state index in [4.69, 9.17) is 23.2 Å². The zero-order valence-corrected chi connectivity index (χ0v) is 14.1. The molecule has 0 aliphatic rings. The van der Waals surface area contributed by atoms with E-state index in [2.05, 4.69) is 20.7 Å². The van der Waals surface area contributed by atoms with Gasteiger partial charge in [0.1, 0.15) is 4.90 Å². The van der Waals surface area contributed by atoms with Crippen LogP contribution in [0.3, 0.4) is 0 Å². The summed E-state index contributed by atoms with van der Waals surface area (Å²) in [7, 11) is -3.71. The molecule has 0 bridgehead atoms. The van der Waals surface area contributed by atoms with Crippen molar-refractivity contribution < 1.29 is 8.42 Å². The summed E-state index contributed by atoms with van der Waals surface area (Å²) in [5, 5.41) is 0.187. The Morgan fingerprint density at radius 1 is 1.22 bits per heavy atom. The van der Waals surface area contributed by atoms with E-state index >= 15 is 0 Å². The molecule has 1 N–H and O–H groups in total. The smallest absolute Gasteiger partial charge is 0.211 e. The second-order valence-corrected chi connectivity index (χ2v) is 8.52. The average Bonchev–Trinajstić information content (AvgIpc) is 2.11. The summed E-state index contributed by atoms with van der Waals surface area (Å²) in [6.07, 6.45) is 0. The van der Waals surface area contributed by atoms with Crippen LogP contribution in [0.25, 0.3) is 0 Å². The molecule has 0 unspecified atom stereocenters. The molecule has 0 heterocycles. The first kappa shape index (κ1) is 16.2. The highest BCUT2D eigenvalue weighted by molar-refractivity contribution is 9.10. The van der Waals surface area contributed by atoms with E-state index in [9.17, 15) is 8.42 Å². The summed E-state index contributed by atoms with van der Waals surface area (Å²) in [5.74, 6) is 0. The fourth-order valence-electron chi connectivity index (χ4n) is 1.17. The quantitative estimate of drug-likeness (QED) is 0.866. The first-order chi connectivity index (χ1) is 8.03. The number of benzene rings is 1. The molecule has 7 heteroatoms. The van der Waals surface area contributed by atoms with Crippen molar-refractivity contribution in [1.82, 2.24) is 4.72 Å². The van der Waals surface area contributed by atoms with Crippen LogP contribution in [-0.4, -0.2) is 15.0 Å². The van der Waals surface area contributed by atoms with E-state index in [0.29, 0.717) is 11.0 Å². The molecule has 1 aromatic carbocycles. The molecular weight excluding hydrogens is 361 g/mol. The van der Waals surface area contributed by atoms with Crippen LogP contribution in [0.4, 0.5) is 0 Å². The number of hydrogen-bond donors (Lipinski definition) is 1. The summed E-state index contributed by atoms with van der Waals surface area (Å²) < 4.78 is 27.4. The van der Waals surface area contributed by atoms with Crippen molar-refractivity contribution >= 4 is 49.2 Å². The molecule has 0 aliphatic carbocycles. The van der Waals surface area contributed by atoms with Crippen LogP contribution >= 0.6 is 39.1 Å². The van der Waals surface area contributed by atoms with Gasteiger partial charge in [0.15, 0.2) is 0 Å². The minimum Gasteiger partial charge on any atom is -0.211 e. The Balaban J connectivity index is 3.14. The van der Waals surface area contributed by atoms with Gasteiger partial charge in [-0.15, -0.1) is 0 Å². The van der Waals surface area contributed by atoms with E-state index in [1.54, 1.807) is 0 Å². The van der Waals surface area contributed by atoms with Gasteiger partial charge in [0.05, 0.1) is 10.0 Å². The van der Waals surface area contributed by atoms with Gasteiger partial charge >= 0.3 is 0 Å². The van der Waals surface area contributed by atoms with Crippen LogP contribution in [0.2, 0.25) is 10.0 Å². The Kier molecular flexibility index (Phi) is 5.12. The second-order valence-electron chi connectivity index (χ2n) is 5.08. The molecule has 0 aromatic heterocycles. The van der Waals surface area contributed by atoms with Gasteiger partial charge in [-0.2, -0.15) is 0 Å². The lowest BCUT2D eigenvalue weighted by Gasteiger charge is -2.19. The highest BCUT2D eigenvalue weighted by atomic mass is 79.9. The van der Waals surface area contributed by atoms with Crippen molar-refractivity contribution in [1.29, 1.82) is 0 Å². The highest BCUT2D eigenvalue weighted by Gasteiger charge is 2.24. The Bertz CT molecular complexity index is 530. The van der Waals surface area contributed by atoms with E-state index in [0.717, 1.165) is 0 Å². The maximum atomic E-state index is 12.1. The molecule has 0 fully saturated rings. The molecule has 102 valence electrons. The van der Waals surface area contributed by atoms with E-state index < -0.39 is 10.0 Å². The van der Waals surface area contributed by atoms with E-state index in [1.807, 2.05) is 20.8 Å². The number of hydrogen-bond acceptors (Lipinski definition) is 2. The predicted molar refractivity (Wildman–Crippen MR) is 78.8 cm³/mol. The van der Waals surface area contributed by atoms with Crippen molar-refractivity contribution in [3.8, 4) is 0 Å². The van der Waals surface area contributed by atoms with E-state index in [-0.39, 0.29) is 20.4 Å². The van der Waals surface area contributed by atoms with Gasteiger partial charge < -0.3 is 0 Å². The number of sulfonamides is 1. The standard InChI is InChI=1S/C11H14BrCl2NO2S/c1-11(2,3)6-15-18(16,17)10-8(13)4-7(12)5-9(10)14/h4-5,15H,6H2,1-3H3. The molecule has 0 spiro atoms. The van der Waals surface area contributed by atoms with Gasteiger partial charge in [-0.3, -0.25) is 0 Å². The molecule has 3 nitrogen and oxygen atoms in total. The van der Waals surface area contributed by atoms with Crippen molar-refractivity contribution in [2.75, 3.05) is 6.54 Å². The van der Waals surface area contributed by atoms with Gasteiger partial charge in [0, 0.05) is 11.0 Å². The maximum Gasteiger partial charge on any atom is 0.243 e. The van der Waals surface area contributed by atoms with Crippen molar-refractivity contribution in [2.45, 2.75) is 25.7 Å². The summed E-state index contributed by atoms with van der Waals surface area (Å²) in [6.45, 7) is 6.10. The van der Waals surface area contributed by atoms with Gasteiger partial charge in [-0.05, 0) is 17.5 Å². The third-order valence-electron chi connectivity index (χ3n) is 2.02. The topological polar surface area (TPSA) is 46.2 Å². The van der Waals surface area contributed by atoms with Crippen LogP contribution in [-0.2, 0) is 10.0 Å². The number of nitrogens with one attached hydrogen (secondary N) is 1. The van der Waals surface area contributed by atoms with Crippen LogP contribution in [0.1, 0.15) is 20.8 Å². The normalized spacial score (nSPS) is 12.8. The number of rotatable bonds is 3. The van der Waals surface area contributed by atoms with Crippen molar-refractivity contribution in [2.24, 2.45) is 5.41 Å². The van der Waals surface area contributed by atoms with Crippen LogP contribution in [0.5, 0.6) is 0 Å². The summed E-state index contributed by atoms with van der Waals surface area (Å²) >= 11 is 15.1. The van der Waals surface area contributed by atoms with Crippen molar-refractivity contribution in [3.63, 3.8) is 0 Å². The molecule has 1 aromatic rings. The fraction of sp³-hybridized carbons (Fsp3) is 0.455. The van der Waals surface area contributed by atoms with Crippen LogP contribution < -0.4 is 4.72 Å². The van der Waals surface area contributed by atoms with Gasteiger partial charge in [-0.1, -0.05) is 59.9 Å². The number of halogens is 3. The highest BCUT2D eigenvalue weighted by Crippen LogP contribution is 2.32. The third-order valence-corrected chi connectivity index (χ3v) is 4.80. The minimum absolute atomic E-state index is 0.0849. The van der Waals surface area contributed by atoms with E-state index in [1.165, 1.54) is 12.1 Å². The SMILES string of the molecule is CC(C)(C)CNS(=O)(=O)c1c(Cl)cc(Br)cc1Cl. The Labute approximate surface area is 126 Å². The molecule has 18 heavy (non-hydrogen) atoms. The van der Waals surface area contributed by atoms with Crippen LogP contribution in [0, 0.1) is 5.41 Å². The molecule has 0 radical (unpaired) electrons. The fourth-order valence-corrected chi connectivity index (χ4v) is 4.39. The maximum absolute atomic E-state index is 12.1. The third kappa shape index (κ3) is 4.38. The Morgan fingerprint density at radius 2 is 1.67 bits per heavy atom. The first-order valence-electron chi connectivity index (χ1n) is 5.17. The van der Waals surface area contributed by atoms with Gasteiger partial charge in [0.2, 0.25) is 10.0 Å². The molecule has 0 saturated heterocycles. The molecule has 0 amide bonds. The monoisotopic (exact) mass is 373 g/mol. The molecule has 0 saturated carbocycles. The lowest BCUT2D eigenvalue weighted by Crippen LogP contribution is -2.32. The predicted octanol–water partition coefficient (Wildman–Crippen LogP) is 4.08. The summed E-state index contributed by atoms with van der Waals surface area (Å²) in [5.41, 5.74) is -0.165. The zero-order chi connectivity index (χ0) is 14.1. The summed E-state index contributed by atoms with van der Waals surface area (Å²) in [4.78, 5) is -0.0849. The minimum atomic E-state index is -3.71. The molecular formula is C11H14BrCl2NO2S. The van der Waals surface area contributed by atoms with Crippen LogP contribution in [0.15, 0.2) is 21.5 Å². The van der Waals surface area contributed by atoms with Gasteiger partial charge in [0.25, 0.3) is 0 Å². The second kappa shape index (κ2) is 5.67. The lowest BCUT2D eigenvalue weighted by molar-refractivity contribution is 0.407. The van der Waals surface area contributed by atoms with Gasteiger partial charge in [-0.25, -0.2) is 13.1 Å². The largest absolute Gasteiger partial charge is 0.243 e. The summed E-state index contributed by atoms with van der Waals surface area (Å²) in [6, 6.07) is 3.00. The average molecular weight is 375 g/mol. The van der Waals surface area contributed by atoms with Crippen molar-refractivity contribution in [3.05, 3.63) is 26.7 Å². The lowest BCUT2D eigenvalue weighted by atomic mass is 9.98. The molecule has 0 atom stereocenters. The first-order valence-corrected chi connectivity index (χ1v) is 8.20. The Hall–Kier alpha value is 0.190. The molecule has 0 aliphatic heterocycles. The molecule has 1 rings (SSSR count). The Morgan fingerprint density at radius 3 is 2.06 bits per heavy atom.